The van der Waals surface area contributed by atoms with E-state index in [4.69, 9.17) is 4.74 Å². The maximum absolute atomic E-state index is 6.83. The summed E-state index contributed by atoms with van der Waals surface area (Å²) in [5, 5.41) is 0. The molecule has 288 valence electrons. The molecule has 0 radical (unpaired) electrons. The molecule has 4 aliphatic rings. The summed E-state index contributed by atoms with van der Waals surface area (Å²) in [5.74, 6) is 3.64. The molecular weight excluding hydrogens is 643 g/mol. The molecule has 2 heteroatoms. The van der Waals surface area contributed by atoms with Crippen molar-refractivity contribution in [3.63, 3.8) is 0 Å². The van der Waals surface area contributed by atoms with E-state index in [0.717, 1.165) is 40.8 Å². The fraction of sp³-hybridized carbons (Fsp3) is 0.412. The Kier molecular flexibility index (Phi) is 20.6. The number of nitrogens with zero attached hydrogens (tertiary/aromatic N) is 1. The van der Waals surface area contributed by atoms with Gasteiger partial charge in [0, 0.05) is 29.0 Å². The lowest BCUT2D eigenvalue weighted by atomic mass is 9.65. The third kappa shape index (κ3) is 11.8. The minimum absolute atomic E-state index is 0.0356. The smallest absolute Gasteiger partial charge is 0.135 e. The van der Waals surface area contributed by atoms with Crippen LogP contribution in [0.1, 0.15) is 110 Å². The Morgan fingerprint density at radius 2 is 1.55 bits per heavy atom. The van der Waals surface area contributed by atoms with E-state index in [-0.39, 0.29) is 12.0 Å². The highest BCUT2D eigenvalue weighted by atomic mass is 16.5. The minimum atomic E-state index is 0.0356. The van der Waals surface area contributed by atoms with Crippen LogP contribution in [0.25, 0.3) is 0 Å². The van der Waals surface area contributed by atoms with E-state index in [1.807, 2.05) is 19.9 Å². The van der Waals surface area contributed by atoms with Gasteiger partial charge in [-0.3, -0.25) is 0 Å². The normalized spacial score (nSPS) is 22.9. The Labute approximate surface area is 327 Å². The molecular formula is C51H73NO. The van der Waals surface area contributed by atoms with Crippen molar-refractivity contribution in [2.45, 2.75) is 116 Å². The lowest BCUT2D eigenvalue weighted by Gasteiger charge is -2.42. The fourth-order valence-corrected chi connectivity index (χ4v) is 6.74. The first kappa shape index (κ1) is 46.7. The molecule has 3 aliphatic carbocycles. The average Bonchev–Trinajstić information content (AvgIpc) is 3.47. The summed E-state index contributed by atoms with van der Waals surface area (Å²) in [6, 6.07) is 0.0356. The third-order valence-electron chi connectivity index (χ3n) is 9.79. The summed E-state index contributed by atoms with van der Waals surface area (Å²) >= 11 is 0. The molecule has 0 amide bonds. The van der Waals surface area contributed by atoms with Crippen LogP contribution in [0.3, 0.4) is 0 Å². The number of rotatable bonds is 10. The Morgan fingerprint density at radius 1 is 0.943 bits per heavy atom. The van der Waals surface area contributed by atoms with E-state index in [2.05, 4.69) is 193 Å². The molecule has 0 bridgehead atoms. The summed E-state index contributed by atoms with van der Waals surface area (Å²) in [6.45, 7) is 44.0. The van der Waals surface area contributed by atoms with E-state index in [1.54, 1.807) is 0 Å². The summed E-state index contributed by atoms with van der Waals surface area (Å²) in [4.78, 5) is 2.46. The van der Waals surface area contributed by atoms with Crippen molar-refractivity contribution in [1.82, 2.24) is 4.90 Å². The molecule has 0 aromatic heterocycles. The summed E-state index contributed by atoms with van der Waals surface area (Å²) in [6.07, 6.45) is 33.6. The van der Waals surface area contributed by atoms with Crippen molar-refractivity contribution in [2.75, 3.05) is 0 Å². The standard InChI is InChI=1S/C40H49NO.C5H12.C4H8.C2H4/c1-11-17-32(16-6)41(36(19-13-3)40-28(9)34(18-12-2)39(42-40)26(7)14-4)29(10)35-25-23-31-21-20-27(8)33-24-22-30(15-5)37(35)38(31)33;1-4-5(2)3;1-4(2)3;1-2/h12-25,28-29,31,38H,6,11H2,1-5,7-10H3;5H,4H2,1-3H3;1H2,2-3H3;1-2H2/b18-12-,19-13-,26-14-,30-15-,32-17+,40-36-;;;/t28-,29?,31?,38?;;;/m1.../s1. The molecule has 1 aliphatic heterocycles. The monoisotopic (exact) mass is 716 g/mol. The molecule has 0 fully saturated rings. The van der Waals surface area contributed by atoms with Gasteiger partial charge in [-0.15, -0.1) is 19.7 Å². The van der Waals surface area contributed by atoms with Crippen LogP contribution < -0.4 is 0 Å². The van der Waals surface area contributed by atoms with Gasteiger partial charge in [-0.2, -0.15) is 0 Å². The number of allylic oxidation sites excluding steroid dienone is 20. The van der Waals surface area contributed by atoms with Crippen LogP contribution in [-0.2, 0) is 4.74 Å². The SMILES string of the molecule is C=C.C=C(C)C.C=C/C(=C\CC)N(C(/C=C\C)=C1\OC(C(/C)=C\C)=C(/C=C\C)[C@H]1C)C(C)C1=C2/C(=C\C)C=CC3=C(C)C=CC(C=C1)C32.CCC(C)C. The van der Waals surface area contributed by atoms with Crippen molar-refractivity contribution >= 4 is 0 Å². The Balaban J connectivity index is 0.00000113. The molecule has 0 saturated carbocycles. The first-order valence-electron chi connectivity index (χ1n) is 19.7. The molecule has 0 aromatic rings. The summed E-state index contributed by atoms with van der Waals surface area (Å²) in [5.41, 5.74) is 12.6. The molecule has 4 atom stereocenters. The van der Waals surface area contributed by atoms with Gasteiger partial charge < -0.3 is 9.64 Å². The first-order chi connectivity index (χ1) is 25.3. The van der Waals surface area contributed by atoms with Gasteiger partial charge in [-0.1, -0.05) is 126 Å². The van der Waals surface area contributed by atoms with Crippen LogP contribution in [0.15, 0.2) is 179 Å². The van der Waals surface area contributed by atoms with Gasteiger partial charge in [-0.25, -0.2) is 0 Å². The zero-order chi connectivity index (χ0) is 40.4. The van der Waals surface area contributed by atoms with Crippen molar-refractivity contribution in [1.29, 1.82) is 0 Å². The van der Waals surface area contributed by atoms with Crippen LogP contribution in [0, 0.1) is 23.7 Å². The molecule has 0 N–H and O–H groups in total. The molecule has 0 aromatic carbocycles. The van der Waals surface area contributed by atoms with E-state index < -0.39 is 0 Å². The predicted molar refractivity (Wildman–Crippen MR) is 238 cm³/mol. The molecule has 53 heavy (non-hydrogen) atoms. The Bertz CT molecular complexity index is 1660. The largest absolute Gasteiger partial charge is 0.458 e. The van der Waals surface area contributed by atoms with Gasteiger partial charge in [0.25, 0.3) is 0 Å². The van der Waals surface area contributed by atoms with Crippen LogP contribution in [0.4, 0.5) is 0 Å². The van der Waals surface area contributed by atoms with Crippen LogP contribution in [-0.4, -0.2) is 10.9 Å². The maximum atomic E-state index is 6.83. The van der Waals surface area contributed by atoms with E-state index in [0.29, 0.717) is 11.8 Å². The quantitative estimate of drug-likeness (QED) is 0.165. The lowest BCUT2D eigenvalue weighted by molar-refractivity contribution is 0.282. The van der Waals surface area contributed by atoms with Gasteiger partial charge in [0.2, 0.25) is 0 Å². The fourth-order valence-electron chi connectivity index (χ4n) is 6.74. The van der Waals surface area contributed by atoms with Gasteiger partial charge in [0.15, 0.2) is 0 Å². The van der Waals surface area contributed by atoms with Crippen molar-refractivity contribution in [3.05, 3.63) is 179 Å². The molecule has 4 rings (SSSR count). The van der Waals surface area contributed by atoms with Crippen LogP contribution >= 0.6 is 0 Å². The van der Waals surface area contributed by atoms with Crippen LogP contribution in [0.5, 0.6) is 0 Å². The summed E-state index contributed by atoms with van der Waals surface area (Å²) in [7, 11) is 0. The molecule has 0 spiro atoms. The van der Waals surface area contributed by atoms with E-state index >= 15 is 0 Å². The zero-order valence-electron chi connectivity index (χ0n) is 36.1. The second-order valence-electron chi connectivity index (χ2n) is 14.5. The topological polar surface area (TPSA) is 12.5 Å². The maximum Gasteiger partial charge on any atom is 0.135 e. The van der Waals surface area contributed by atoms with Gasteiger partial charge in [-0.05, 0) is 120 Å². The van der Waals surface area contributed by atoms with E-state index in [9.17, 15) is 0 Å². The first-order valence-corrected chi connectivity index (χ1v) is 19.7. The minimum Gasteiger partial charge on any atom is -0.458 e. The lowest BCUT2D eigenvalue weighted by Crippen LogP contribution is -2.37. The highest BCUT2D eigenvalue weighted by Crippen LogP contribution is 2.49. The zero-order valence-corrected chi connectivity index (χ0v) is 36.1. The second kappa shape index (κ2) is 23.4. The molecule has 1 heterocycles. The third-order valence-corrected chi connectivity index (χ3v) is 9.79. The molecule has 3 unspecified atom stereocenters. The Hall–Kier alpha value is -4.30. The van der Waals surface area contributed by atoms with Crippen LogP contribution in [0.2, 0.25) is 0 Å². The van der Waals surface area contributed by atoms with Crippen molar-refractivity contribution < 1.29 is 4.74 Å². The summed E-state index contributed by atoms with van der Waals surface area (Å²) < 4.78 is 6.83. The van der Waals surface area contributed by atoms with Gasteiger partial charge in [0.05, 0.1) is 11.7 Å². The number of ether oxygens (including phenoxy) is 1. The Morgan fingerprint density at radius 3 is 2.04 bits per heavy atom. The highest BCUT2D eigenvalue weighted by molar-refractivity contribution is 5.63. The number of hydrogen-bond acceptors (Lipinski definition) is 2. The number of hydrogen-bond donors (Lipinski definition) is 0. The predicted octanol–water partition coefficient (Wildman–Crippen LogP) is 15.3. The van der Waals surface area contributed by atoms with Crippen molar-refractivity contribution in [3.8, 4) is 0 Å². The average molecular weight is 716 g/mol. The molecule has 2 nitrogen and oxygen atoms in total. The molecule has 0 saturated heterocycles. The van der Waals surface area contributed by atoms with Gasteiger partial charge >= 0.3 is 0 Å². The van der Waals surface area contributed by atoms with Crippen molar-refractivity contribution in [2.24, 2.45) is 23.7 Å². The highest BCUT2D eigenvalue weighted by Gasteiger charge is 2.39. The second-order valence-corrected chi connectivity index (χ2v) is 14.5. The van der Waals surface area contributed by atoms with Gasteiger partial charge in [0.1, 0.15) is 11.5 Å². The van der Waals surface area contributed by atoms with E-state index in [1.165, 1.54) is 45.4 Å².